The molecule has 0 atom stereocenters. The first-order valence-corrected chi connectivity index (χ1v) is 11.4. The van der Waals surface area contributed by atoms with E-state index in [1.165, 1.54) is 49.1 Å². The van der Waals surface area contributed by atoms with Crippen molar-refractivity contribution in [3.8, 4) is 0 Å². The third-order valence-electron chi connectivity index (χ3n) is 7.42. The molecule has 4 aliphatic rings. The van der Waals surface area contributed by atoms with E-state index in [2.05, 4.69) is 27.5 Å². The number of aromatic nitrogens is 4. The molecule has 2 aromatic heterocycles. The maximum absolute atomic E-state index is 12.5. The first-order chi connectivity index (χ1) is 13.4. The molecule has 6 rings (SSSR count). The number of anilines is 1. The SMILES string of the molecule is Cc1nn(C)c(C)c1CCC(=O)Nc1nnc(C23CC4CC(CC(C4)C2)C3)s1. The highest BCUT2D eigenvalue weighted by Crippen LogP contribution is 2.61. The molecule has 28 heavy (non-hydrogen) atoms. The van der Waals surface area contributed by atoms with Gasteiger partial charge in [-0.25, -0.2) is 0 Å². The molecule has 1 amide bonds. The Hall–Kier alpha value is -1.76. The summed E-state index contributed by atoms with van der Waals surface area (Å²) in [6, 6.07) is 0. The monoisotopic (exact) mass is 399 g/mol. The average Bonchev–Trinajstić information content (AvgIpc) is 3.18. The molecule has 4 saturated carbocycles. The molecule has 7 heteroatoms. The van der Waals surface area contributed by atoms with E-state index < -0.39 is 0 Å². The average molecular weight is 400 g/mol. The number of carbonyl (C=O) groups excluding carboxylic acids is 1. The molecule has 2 aromatic rings. The van der Waals surface area contributed by atoms with Gasteiger partial charge in [0, 0.05) is 24.6 Å². The van der Waals surface area contributed by atoms with Crippen LogP contribution in [-0.2, 0) is 23.7 Å². The Morgan fingerprint density at radius 3 is 2.36 bits per heavy atom. The second-order valence-electron chi connectivity index (χ2n) is 9.43. The highest BCUT2D eigenvalue weighted by molar-refractivity contribution is 7.15. The number of hydrogen-bond donors (Lipinski definition) is 1. The summed E-state index contributed by atoms with van der Waals surface area (Å²) in [6.45, 7) is 4.05. The number of carbonyl (C=O) groups is 1. The molecule has 0 unspecified atom stereocenters. The van der Waals surface area contributed by atoms with Gasteiger partial charge in [-0.3, -0.25) is 9.48 Å². The molecular formula is C21H29N5OS. The van der Waals surface area contributed by atoms with Gasteiger partial charge in [0.05, 0.1) is 5.69 Å². The molecule has 4 bridgehead atoms. The lowest BCUT2D eigenvalue weighted by atomic mass is 9.50. The summed E-state index contributed by atoms with van der Waals surface area (Å²) in [4.78, 5) is 12.5. The van der Waals surface area contributed by atoms with Crippen molar-refractivity contribution >= 4 is 22.4 Å². The number of aryl methyl sites for hydroxylation is 2. The van der Waals surface area contributed by atoms with Gasteiger partial charge in [-0.2, -0.15) is 5.10 Å². The fourth-order valence-electron chi connectivity index (χ4n) is 6.46. The topological polar surface area (TPSA) is 72.7 Å². The third-order valence-corrected chi connectivity index (χ3v) is 8.51. The first kappa shape index (κ1) is 18.3. The van der Waals surface area contributed by atoms with E-state index in [9.17, 15) is 4.79 Å². The molecule has 0 aromatic carbocycles. The molecule has 1 N–H and O–H groups in total. The Balaban J connectivity index is 1.24. The maximum Gasteiger partial charge on any atom is 0.226 e. The predicted octanol–water partition coefficient (Wildman–Crippen LogP) is 3.93. The van der Waals surface area contributed by atoms with Crippen LogP contribution in [0.1, 0.15) is 66.9 Å². The molecule has 0 spiro atoms. The van der Waals surface area contributed by atoms with Crippen molar-refractivity contribution in [2.24, 2.45) is 24.8 Å². The minimum atomic E-state index is 0.0101. The highest BCUT2D eigenvalue weighted by Gasteiger charge is 2.53. The van der Waals surface area contributed by atoms with E-state index in [1.54, 1.807) is 11.3 Å². The minimum Gasteiger partial charge on any atom is -0.301 e. The van der Waals surface area contributed by atoms with Crippen molar-refractivity contribution < 1.29 is 4.79 Å². The lowest BCUT2D eigenvalue weighted by molar-refractivity contribution is -0.116. The van der Waals surface area contributed by atoms with Crippen LogP contribution in [0, 0.1) is 31.6 Å². The normalized spacial score (nSPS) is 30.8. The third kappa shape index (κ3) is 3.08. The second-order valence-corrected chi connectivity index (χ2v) is 10.4. The Labute approximate surface area is 170 Å². The van der Waals surface area contributed by atoms with Crippen LogP contribution in [0.3, 0.4) is 0 Å². The highest BCUT2D eigenvalue weighted by atomic mass is 32.1. The predicted molar refractivity (Wildman–Crippen MR) is 109 cm³/mol. The first-order valence-electron chi connectivity index (χ1n) is 10.5. The van der Waals surface area contributed by atoms with E-state index >= 15 is 0 Å². The van der Waals surface area contributed by atoms with Crippen molar-refractivity contribution in [1.29, 1.82) is 0 Å². The second kappa shape index (κ2) is 6.65. The summed E-state index contributed by atoms with van der Waals surface area (Å²) in [5.74, 6) is 2.67. The van der Waals surface area contributed by atoms with Crippen LogP contribution in [0.5, 0.6) is 0 Å². The van der Waals surface area contributed by atoms with Crippen molar-refractivity contribution in [2.75, 3.05) is 5.32 Å². The van der Waals surface area contributed by atoms with Crippen LogP contribution in [0.4, 0.5) is 5.13 Å². The maximum atomic E-state index is 12.5. The molecule has 0 radical (unpaired) electrons. The fraction of sp³-hybridized carbons (Fsp3) is 0.714. The van der Waals surface area contributed by atoms with E-state index in [1.807, 2.05) is 18.7 Å². The van der Waals surface area contributed by atoms with Gasteiger partial charge in [-0.15, -0.1) is 10.2 Å². The van der Waals surface area contributed by atoms with Crippen molar-refractivity contribution in [3.63, 3.8) is 0 Å². The smallest absolute Gasteiger partial charge is 0.226 e. The van der Waals surface area contributed by atoms with E-state index in [0.29, 0.717) is 18.0 Å². The lowest BCUT2D eigenvalue weighted by Crippen LogP contribution is -2.48. The molecule has 4 fully saturated rings. The number of amides is 1. The molecule has 150 valence electrons. The minimum absolute atomic E-state index is 0.0101. The zero-order valence-electron chi connectivity index (χ0n) is 17.0. The van der Waals surface area contributed by atoms with Crippen LogP contribution in [0.15, 0.2) is 0 Å². The van der Waals surface area contributed by atoms with Crippen LogP contribution in [0.25, 0.3) is 0 Å². The molecule has 0 aliphatic heterocycles. The summed E-state index contributed by atoms with van der Waals surface area (Å²) in [5, 5.41) is 18.1. The summed E-state index contributed by atoms with van der Waals surface area (Å²) in [6.07, 6.45) is 9.26. The van der Waals surface area contributed by atoms with Crippen LogP contribution in [-0.4, -0.2) is 25.9 Å². The Kier molecular flexibility index (Phi) is 4.34. The Morgan fingerprint density at radius 2 is 1.79 bits per heavy atom. The zero-order valence-corrected chi connectivity index (χ0v) is 17.8. The Bertz CT molecular complexity index is 879. The number of nitrogens with zero attached hydrogens (tertiary/aromatic N) is 4. The van der Waals surface area contributed by atoms with E-state index in [4.69, 9.17) is 0 Å². The summed E-state index contributed by atoms with van der Waals surface area (Å²) < 4.78 is 1.88. The largest absolute Gasteiger partial charge is 0.301 e. The van der Waals surface area contributed by atoms with Crippen molar-refractivity contribution in [2.45, 2.75) is 70.6 Å². The molecular weight excluding hydrogens is 370 g/mol. The fourth-order valence-corrected chi connectivity index (χ4v) is 7.44. The standard InChI is InChI=1S/C21H29N5OS/c1-12-17(13(2)26(3)25-12)4-5-18(27)22-20-24-23-19(28-20)21-9-14-6-15(10-21)8-16(7-14)11-21/h14-16H,4-11H2,1-3H3,(H,22,24,27). The summed E-state index contributed by atoms with van der Waals surface area (Å²) in [7, 11) is 1.94. The van der Waals surface area contributed by atoms with E-state index in [0.717, 1.165) is 29.1 Å². The number of nitrogens with one attached hydrogen (secondary N) is 1. The Morgan fingerprint density at radius 1 is 1.14 bits per heavy atom. The van der Waals surface area contributed by atoms with Gasteiger partial charge in [0.2, 0.25) is 11.0 Å². The van der Waals surface area contributed by atoms with Gasteiger partial charge in [0.25, 0.3) is 0 Å². The molecule has 4 aliphatic carbocycles. The van der Waals surface area contributed by atoms with Gasteiger partial charge in [0.1, 0.15) is 5.01 Å². The van der Waals surface area contributed by atoms with Crippen LogP contribution < -0.4 is 5.32 Å². The quantitative estimate of drug-likeness (QED) is 0.827. The van der Waals surface area contributed by atoms with Crippen molar-refractivity contribution in [1.82, 2.24) is 20.0 Å². The molecule has 0 saturated heterocycles. The number of rotatable bonds is 5. The lowest BCUT2D eigenvalue weighted by Gasteiger charge is -2.55. The molecule has 2 heterocycles. The molecule has 6 nitrogen and oxygen atoms in total. The van der Waals surface area contributed by atoms with Gasteiger partial charge >= 0.3 is 0 Å². The van der Waals surface area contributed by atoms with Gasteiger partial charge in [-0.05, 0) is 82.1 Å². The summed E-state index contributed by atoms with van der Waals surface area (Å²) in [5.41, 5.74) is 3.56. The van der Waals surface area contributed by atoms with Crippen LogP contribution >= 0.6 is 11.3 Å². The zero-order chi connectivity index (χ0) is 19.5. The van der Waals surface area contributed by atoms with Gasteiger partial charge in [0.15, 0.2) is 0 Å². The van der Waals surface area contributed by atoms with Gasteiger partial charge in [-0.1, -0.05) is 11.3 Å². The van der Waals surface area contributed by atoms with E-state index in [-0.39, 0.29) is 11.3 Å². The summed E-state index contributed by atoms with van der Waals surface area (Å²) >= 11 is 1.61. The number of hydrogen-bond acceptors (Lipinski definition) is 5. The van der Waals surface area contributed by atoms with Gasteiger partial charge < -0.3 is 5.32 Å². The van der Waals surface area contributed by atoms with Crippen molar-refractivity contribution in [3.05, 3.63) is 22.0 Å². The van der Waals surface area contributed by atoms with Crippen LogP contribution in [0.2, 0.25) is 0 Å².